The van der Waals surface area contributed by atoms with Crippen molar-refractivity contribution in [1.82, 2.24) is 10.3 Å². The highest BCUT2D eigenvalue weighted by Gasteiger charge is 2.30. The Morgan fingerprint density at radius 2 is 2.00 bits per heavy atom. The first-order valence-electron chi connectivity index (χ1n) is 7.24. The van der Waals surface area contributed by atoms with Gasteiger partial charge in [0.25, 0.3) is 0 Å². The summed E-state index contributed by atoms with van der Waals surface area (Å²) in [6, 6.07) is 7.49. The SMILES string of the molecule is CC(N)(C(=O)NCc1nc(C2CC2)cs1)c1ccc(Br)cc1.Cl.Cl. The van der Waals surface area contributed by atoms with E-state index in [1.54, 1.807) is 18.3 Å². The number of carbonyl (C=O) groups excluding carboxylic acids is 1. The normalized spacial score (nSPS) is 15.6. The zero-order valence-corrected chi connectivity index (χ0v) is 17.2. The van der Waals surface area contributed by atoms with Crippen LogP contribution in [0.3, 0.4) is 0 Å². The van der Waals surface area contributed by atoms with Gasteiger partial charge in [0.2, 0.25) is 5.91 Å². The van der Waals surface area contributed by atoms with Crippen molar-refractivity contribution in [2.75, 3.05) is 0 Å². The number of nitrogens with two attached hydrogens (primary N) is 1. The van der Waals surface area contributed by atoms with Gasteiger partial charge in [-0.15, -0.1) is 36.2 Å². The number of nitrogens with zero attached hydrogens (tertiary/aromatic N) is 1. The standard InChI is InChI=1S/C16H18BrN3OS.2ClH/c1-16(18,11-4-6-12(17)7-5-11)15(21)19-8-14-20-13(9-22-14)10-2-3-10;;/h4-7,9-10H,2-3,8,18H2,1H3,(H,19,21);2*1H. The maximum Gasteiger partial charge on any atom is 0.244 e. The predicted octanol–water partition coefficient (Wildman–Crippen LogP) is 4.12. The second kappa shape index (κ2) is 8.63. The molecule has 132 valence electrons. The van der Waals surface area contributed by atoms with Gasteiger partial charge in [0.15, 0.2) is 0 Å². The molecule has 1 fully saturated rings. The molecular weight excluding hydrogens is 433 g/mol. The van der Waals surface area contributed by atoms with E-state index in [0.29, 0.717) is 12.5 Å². The summed E-state index contributed by atoms with van der Waals surface area (Å²) in [5.74, 6) is 0.446. The molecule has 1 atom stereocenters. The lowest BCUT2D eigenvalue weighted by atomic mass is 9.92. The number of rotatable bonds is 5. The van der Waals surface area contributed by atoms with Gasteiger partial charge < -0.3 is 11.1 Å². The molecular formula is C16H20BrCl2N3OS. The summed E-state index contributed by atoms with van der Waals surface area (Å²) < 4.78 is 0.961. The highest BCUT2D eigenvalue weighted by atomic mass is 79.9. The average Bonchev–Trinajstić information content (AvgIpc) is 3.24. The summed E-state index contributed by atoms with van der Waals surface area (Å²) in [7, 11) is 0. The molecule has 8 heteroatoms. The van der Waals surface area contributed by atoms with Crippen molar-refractivity contribution in [3.05, 3.63) is 50.4 Å². The minimum absolute atomic E-state index is 0. The largest absolute Gasteiger partial charge is 0.348 e. The van der Waals surface area contributed by atoms with Gasteiger partial charge in [0.05, 0.1) is 12.2 Å². The van der Waals surface area contributed by atoms with Crippen LogP contribution in [-0.2, 0) is 16.9 Å². The van der Waals surface area contributed by atoms with Crippen LogP contribution in [0.4, 0.5) is 0 Å². The summed E-state index contributed by atoms with van der Waals surface area (Å²) >= 11 is 4.98. The molecule has 1 heterocycles. The Kier molecular flexibility index (Phi) is 7.69. The number of hydrogen-bond donors (Lipinski definition) is 2. The van der Waals surface area contributed by atoms with Crippen LogP contribution in [0, 0.1) is 0 Å². The van der Waals surface area contributed by atoms with Crippen molar-refractivity contribution in [3.8, 4) is 0 Å². The van der Waals surface area contributed by atoms with Crippen molar-refractivity contribution < 1.29 is 4.79 Å². The molecule has 1 unspecified atom stereocenters. The van der Waals surface area contributed by atoms with Crippen LogP contribution in [0.15, 0.2) is 34.1 Å². The van der Waals surface area contributed by atoms with Gasteiger partial charge in [-0.25, -0.2) is 4.98 Å². The number of thiazole rings is 1. The molecule has 1 aliphatic rings. The van der Waals surface area contributed by atoms with Gasteiger partial charge in [0.1, 0.15) is 10.5 Å². The first-order chi connectivity index (χ1) is 10.5. The minimum Gasteiger partial charge on any atom is -0.348 e. The number of hydrogen-bond acceptors (Lipinski definition) is 4. The molecule has 24 heavy (non-hydrogen) atoms. The molecule has 0 radical (unpaired) electrons. The summed E-state index contributed by atoms with van der Waals surface area (Å²) in [5, 5.41) is 5.92. The van der Waals surface area contributed by atoms with E-state index in [1.165, 1.54) is 12.8 Å². The van der Waals surface area contributed by atoms with Crippen LogP contribution in [0.2, 0.25) is 0 Å². The molecule has 1 saturated carbocycles. The first kappa shape index (κ1) is 21.4. The average molecular weight is 453 g/mol. The lowest BCUT2D eigenvalue weighted by molar-refractivity contribution is -0.126. The van der Waals surface area contributed by atoms with E-state index < -0.39 is 5.54 Å². The maximum absolute atomic E-state index is 12.4. The third-order valence-corrected chi connectivity index (χ3v) is 5.28. The second-order valence-corrected chi connectivity index (χ2v) is 7.69. The van der Waals surface area contributed by atoms with Crippen molar-refractivity contribution in [1.29, 1.82) is 0 Å². The summed E-state index contributed by atoms with van der Waals surface area (Å²) in [6.07, 6.45) is 2.47. The highest BCUT2D eigenvalue weighted by Crippen LogP contribution is 2.40. The highest BCUT2D eigenvalue weighted by molar-refractivity contribution is 9.10. The number of aromatic nitrogens is 1. The third kappa shape index (κ3) is 4.92. The fraction of sp³-hybridized carbons (Fsp3) is 0.375. The molecule has 0 spiro atoms. The number of nitrogens with one attached hydrogen (secondary N) is 1. The van der Waals surface area contributed by atoms with Crippen LogP contribution in [-0.4, -0.2) is 10.9 Å². The number of halogens is 3. The number of amides is 1. The molecule has 1 amide bonds. The van der Waals surface area contributed by atoms with E-state index in [2.05, 4.69) is 31.6 Å². The Bertz CT molecular complexity index is 687. The predicted molar refractivity (Wildman–Crippen MR) is 106 cm³/mol. The first-order valence-corrected chi connectivity index (χ1v) is 8.91. The minimum atomic E-state index is -1.06. The van der Waals surface area contributed by atoms with Gasteiger partial charge >= 0.3 is 0 Å². The van der Waals surface area contributed by atoms with E-state index in [1.807, 2.05) is 24.3 Å². The molecule has 1 aromatic heterocycles. The zero-order valence-electron chi connectivity index (χ0n) is 13.1. The quantitative estimate of drug-likeness (QED) is 0.716. The lowest BCUT2D eigenvalue weighted by Gasteiger charge is -2.24. The van der Waals surface area contributed by atoms with Crippen LogP contribution >= 0.6 is 52.1 Å². The van der Waals surface area contributed by atoms with E-state index in [4.69, 9.17) is 5.73 Å². The van der Waals surface area contributed by atoms with Crippen LogP contribution in [0.1, 0.15) is 41.9 Å². The zero-order chi connectivity index (χ0) is 15.7. The van der Waals surface area contributed by atoms with Gasteiger partial charge in [0, 0.05) is 15.8 Å². The Labute approximate surface area is 166 Å². The molecule has 3 N–H and O–H groups in total. The van der Waals surface area contributed by atoms with Crippen molar-refractivity contribution in [2.45, 2.75) is 37.8 Å². The maximum atomic E-state index is 12.4. The van der Waals surface area contributed by atoms with Crippen molar-refractivity contribution >= 4 is 58.0 Å². The van der Waals surface area contributed by atoms with Gasteiger partial charge in [-0.05, 0) is 37.5 Å². The fourth-order valence-electron chi connectivity index (χ4n) is 2.24. The Morgan fingerprint density at radius 1 is 1.38 bits per heavy atom. The molecule has 0 aliphatic heterocycles. The summed E-state index contributed by atoms with van der Waals surface area (Å²) in [6.45, 7) is 2.16. The monoisotopic (exact) mass is 451 g/mol. The molecule has 4 nitrogen and oxygen atoms in total. The number of carbonyl (C=O) groups is 1. The fourth-order valence-corrected chi connectivity index (χ4v) is 3.32. The lowest BCUT2D eigenvalue weighted by Crippen LogP contribution is -2.48. The molecule has 2 aromatic rings. The second-order valence-electron chi connectivity index (χ2n) is 5.83. The van der Waals surface area contributed by atoms with Gasteiger partial charge in [-0.3, -0.25) is 4.79 Å². The molecule has 3 rings (SSSR count). The Morgan fingerprint density at radius 3 is 2.58 bits per heavy atom. The van der Waals surface area contributed by atoms with Crippen LogP contribution in [0.25, 0.3) is 0 Å². The van der Waals surface area contributed by atoms with Gasteiger partial charge in [-0.1, -0.05) is 28.1 Å². The third-order valence-electron chi connectivity index (χ3n) is 3.88. The Balaban J connectivity index is 0.00000144. The van der Waals surface area contributed by atoms with Crippen LogP contribution < -0.4 is 11.1 Å². The van der Waals surface area contributed by atoms with Crippen LogP contribution in [0.5, 0.6) is 0 Å². The topological polar surface area (TPSA) is 68.0 Å². The van der Waals surface area contributed by atoms with E-state index >= 15 is 0 Å². The molecule has 0 bridgehead atoms. The number of benzene rings is 1. The summed E-state index contributed by atoms with van der Waals surface area (Å²) in [4.78, 5) is 17.0. The molecule has 1 aliphatic carbocycles. The van der Waals surface area contributed by atoms with Crippen molar-refractivity contribution in [2.24, 2.45) is 5.73 Å². The summed E-state index contributed by atoms with van der Waals surface area (Å²) in [5.41, 5.74) is 7.10. The van der Waals surface area contributed by atoms with E-state index in [-0.39, 0.29) is 30.7 Å². The molecule has 1 aromatic carbocycles. The Hall–Kier alpha value is -0.660. The van der Waals surface area contributed by atoms with E-state index in [0.717, 1.165) is 20.7 Å². The molecule has 0 saturated heterocycles. The van der Waals surface area contributed by atoms with Crippen molar-refractivity contribution in [3.63, 3.8) is 0 Å². The van der Waals surface area contributed by atoms with E-state index in [9.17, 15) is 4.79 Å². The smallest absolute Gasteiger partial charge is 0.244 e. The van der Waals surface area contributed by atoms with Gasteiger partial charge in [-0.2, -0.15) is 0 Å².